The quantitative estimate of drug-likeness (QED) is 0.507. The standard InChI is InChI=1S/C7H14O4S/c1-2-12-4-6(10)7(11)5(9)3-8/h5-6,8-10H,2-4H2,1H3/t5-,6+/m0/s1. The van der Waals surface area contributed by atoms with Crippen LogP contribution >= 0.6 is 11.8 Å². The van der Waals surface area contributed by atoms with Gasteiger partial charge < -0.3 is 15.3 Å². The minimum atomic E-state index is -1.45. The molecule has 4 nitrogen and oxygen atoms in total. The Bertz CT molecular complexity index is 139. The molecule has 0 amide bonds. The molecule has 5 heteroatoms. The van der Waals surface area contributed by atoms with Crippen LogP contribution in [0.2, 0.25) is 0 Å². The highest BCUT2D eigenvalue weighted by molar-refractivity contribution is 7.99. The van der Waals surface area contributed by atoms with E-state index in [0.29, 0.717) is 0 Å². The van der Waals surface area contributed by atoms with Crippen molar-refractivity contribution in [1.29, 1.82) is 0 Å². The molecule has 0 saturated carbocycles. The van der Waals surface area contributed by atoms with E-state index in [1.54, 1.807) is 0 Å². The Morgan fingerprint density at radius 1 is 1.42 bits per heavy atom. The van der Waals surface area contributed by atoms with E-state index in [1.165, 1.54) is 11.8 Å². The Balaban J connectivity index is 3.75. The Kier molecular flexibility index (Phi) is 6.37. The van der Waals surface area contributed by atoms with Crippen molar-refractivity contribution in [1.82, 2.24) is 0 Å². The van der Waals surface area contributed by atoms with Crippen LogP contribution in [0.5, 0.6) is 0 Å². The number of aliphatic hydroxyl groups is 3. The van der Waals surface area contributed by atoms with Gasteiger partial charge in [-0.25, -0.2) is 0 Å². The molecular weight excluding hydrogens is 180 g/mol. The molecule has 0 unspecified atom stereocenters. The summed E-state index contributed by atoms with van der Waals surface area (Å²) in [7, 11) is 0. The first kappa shape index (κ1) is 11.9. The van der Waals surface area contributed by atoms with Crippen molar-refractivity contribution >= 4 is 17.5 Å². The van der Waals surface area contributed by atoms with Crippen LogP contribution < -0.4 is 0 Å². The van der Waals surface area contributed by atoms with Gasteiger partial charge in [-0.1, -0.05) is 6.92 Å². The van der Waals surface area contributed by atoms with Crippen LogP contribution in [-0.2, 0) is 4.79 Å². The number of ketones is 1. The predicted octanol–water partition coefficient (Wildman–Crippen LogP) is -0.977. The van der Waals surface area contributed by atoms with E-state index >= 15 is 0 Å². The van der Waals surface area contributed by atoms with Gasteiger partial charge in [0.15, 0.2) is 5.78 Å². The Hall–Kier alpha value is -0.100. The van der Waals surface area contributed by atoms with Gasteiger partial charge in [-0.2, -0.15) is 11.8 Å². The SMILES string of the molecule is CCSC[C@@H](O)C(=O)[C@@H](O)CO. The lowest BCUT2D eigenvalue weighted by Gasteiger charge is -2.11. The van der Waals surface area contributed by atoms with Gasteiger partial charge in [0, 0.05) is 5.75 Å². The second-order valence-electron chi connectivity index (χ2n) is 2.28. The summed E-state index contributed by atoms with van der Waals surface area (Å²) >= 11 is 1.41. The van der Waals surface area contributed by atoms with Gasteiger partial charge in [0.25, 0.3) is 0 Å². The Morgan fingerprint density at radius 2 is 2.00 bits per heavy atom. The van der Waals surface area contributed by atoms with E-state index in [0.717, 1.165) is 5.75 Å². The van der Waals surface area contributed by atoms with Crippen LogP contribution in [-0.4, -0.2) is 51.4 Å². The van der Waals surface area contributed by atoms with Crippen LogP contribution in [0.15, 0.2) is 0 Å². The summed E-state index contributed by atoms with van der Waals surface area (Å²) in [6, 6.07) is 0. The van der Waals surface area contributed by atoms with E-state index in [1.807, 2.05) is 6.92 Å². The lowest BCUT2D eigenvalue weighted by atomic mass is 10.1. The fraction of sp³-hybridized carbons (Fsp3) is 0.857. The van der Waals surface area contributed by atoms with Gasteiger partial charge in [0.1, 0.15) is 12.2 Å². The molecule has 0 radical (unpaired) electrons. The first-order valence-electron chi connectivity index (χ1n) is 3.72. The first-order valence-corrected chi connectivity index (χ1v) is 4.87. The summed E-state index contributed by atoms with van der Waals surface area (Å²) in [4.78, 5) is 10.9. The number of hydrogen-bond acceptors (Lipinski definition) is 5. The predicted molar refractivity (Wildman–Crippen MR) is 47.1 cm³/mol. The number of aliphatic hydroxyl groups excluding tert-OH is 3. The first-order chi connectivity index (χ1) is 5.63. The molecule has 0 aliphatic heterocycles. The summed E-state index contributed by atoms with van der Waals surface area (Å²) in [5.41, 5.74) is 0. The smallest absolute Gasteiger partial charge is 0.192 e. The molecule has 0 aliphatic carbocycles. The van der Waals surface area contributed by atoms with E-state index in [-0.39, 0.29) is 5.75 Å². The van der Waals surface area contributed by atoms with Crippen LogP contribution in [0, 0.1) is 0 Å². The molecule has 0 aromatic carbocycles. The van der Waals surface area contributed by atoms with E-state index in [9.17, 15) is 4.79 Å². The molecule has 3 N–H and O–H groups in total. The minimum absolute atomic E-state index is 0.270. The van der Waals surface area contributed by atoms with Gasteiger partial charge in [-0.05, 0) is 5.75 Å². The lowest BCUT2D eigenvalue weighted by Crippen LogP contribution is -2.35. The number of carbonyl (C=O) groups excluding carboxylic acids is 1. The Labute approximate surface area is 75.6 Å². The molecule has 0 rings (SSSR count). The van der Waals surface area contributed by atoms with E-state index in [2.05, 4.69) is 0 Å². The van der Waals surface area contributed by atoms with Crippen LogP contribution in [0.25, 0.3) is 0 Å². The van der Waals surface area contributed by atoms with Crippen molar-refractivity contribution in [2.45, 2.75) is 19.1 Å². The topological polar surface area (TPSA) is 77.8 Å². The van der Waals surface area contributed by atoms with Gasteiger partial charge in [-0.15, -0.1) is 0 Å². The molecule has 0 fully saturated rings. The molecule has 0 bridgehead atoms. The number of hydrogen-bond donors (Lipinski definition) is 3. The van der Waals surface area contributed by atoms with E-state index < -0.39 is 24.6 Å². The molecule has 0 heterocycles. The maximum absolute atomic E-state index is 10.9. The number of rotatable bonds is 6. The molecule has 0 aromatic rings. The van der Waals surface area contributed by atoms with Gasteiger partial charge >= 0.3 is 0 Å². The summed E-state index contributed by atoms with van der Waals surface area (Å²) < 4.78 is 0. The van der Waals surface area contributed by atoms with Gasteiger partial charge in [0.05, 0.1) is 6.61 Å². The number of Topliss-reactive ketones (excluding diaryl/α,β-unsaturated/α-hetero) is 1. The van der Waals surface area contributed by atoms with E-state index in [4.69, 9.17) is 15.3 Å². The second-order valence-corrected chi connectivity index (χ2v) is 3.59. The van der Waals surface area contributed by atoms with Crippen molar-refractivity contribution in [3.63, 3.8) is 0 Å². The molecule has 2 atom stereocenters. The number of thioether (sulfide) groups is 1. The highest BCUT2D eigenvalue weighted by Crippen LogP contribution is 2.04. The third kappa shape index (κ3) is 4.06. The van der Waals surface area contributed by atoms with Gasteiger partial charge in [-0.3, -0.25) is 4.79 Å². The monoisotopic (exact) mass is 194 g/mol. The Morgan fingerprint density at radius 3 is 2.42 bits per heavy atom. The van der Waals surface area contributed by atoms with Crippen molar-refractivity contribution in [2.24, 2.45) is 0 Å². The van der Waals surface area contributed by atoms with Crippen molar-refractivity contribution in [3.05, 3.63) is 0 Å². The summed E-state index contributed by atoms with van der Waals surface area (Å²) in [5, 5.41) is 26.3. The largest absolute Gasteiger partial charge is 0.393 e. The summed E-state index contributed by atoms with van der Waals surface area (Å²) in [5.74, 6) is 0.366. The molecule has 0 spiro atoms. The van der Waals surface area contributed by atoms with Crippen molar-refractivity contribution < 1.29 is 20.1 Å². The van der Waals surface area contributed by atoms with Crippen LogP contribution in [0.4, 0.5) is 0 Å². The van der Waals surface area contributed by atoms with Crippen LogP contribution in [0.3, 0.4) is 0 Å². The average Bonchev–Trinajstić information content (AvgIpc) is 2.11. The molecule has 0 aromatic heterocycles. The fourth-order valence-electron chi connectivity index (χ4n) is 0.624. The summed E-state index contributed by atoms with van der Waals surface area (Å²) in [6.45, 7) is 1.27. The molecule has 0 saturated heterocycles. The highest BCUT2D eigenvalue weighted by Gasteiger charge is 2.22. The van der Waals surface area contributed by atoms with Crippen molar-refractivity contribution in [3.8, 4) is 0 Å². The normalized spacial score (nSPS) is 15.7. The highest BCUT2D eigenvalue weighted by atomic mass is 32.2. The van der Waals surface area contributed by atoms with Crippen LogP contribution in [0.1, 0.15) is 6.92 Å². The average molecular weight is 194 g/mol. The molecule has 12 heavy (non-hydrogen) atoms. The van der Waals surface area contributed by atoms with Crippen molar-refractivity contribution in [2.75, 3.05) is 18.1 Å². The zero-order chi connectivity index (χ0) is 9.56. The second kappa shape index (κ2) is 6.42. The maximum atomic E-state index is 10.9. The van der Waals surface area contributed by atoms with Gasteiger partial charge in [0.2, 0.25) is 0 Å². The number of carbonyl (C=O) groups is 1. The molecule has 0 aliphatic rings. The molecule has 72 valence electrons. The maximum Gasteiger partial charge on any atom is 0.192 e. The minimum Gasteiger partial charge on any atom is -0.393 e. The lowest BCUT2D eigenvalue weighted by molar-refractivity contribution is -0.136. The third-order valence-corrected chi connectivity index (χ3v) is 2.27. The molecular formula is C7H14O4S. The third-order valence-electron chi connectivity index (χ3n) is 1.31. The zero-order valence-corrected chi connectivity index (χ0v) is 7.75. The summed E-state index contributed by atoms with van der Waals surface area (Å²) in [6.07, 6.45) is -2.62. The fourth-order valence-corrected chi connectivity index (χ4v) is 1.25. The zero-order valence-electron chi connectivity index (χ0n) is 6.93.